The summed E-state index contributed by atoms with van der Waals surface area (Å²) in [5, 5.41) is 17.3. The Hall–Kier alpha value is -0.100. The Balaban J connectivity index is 2.77. The van der Waals surface area contributed by atoms with Crippen molar-refractivity contribution in [3.63, 3.8) is 0 Å². The normalized spacial score (nSPS) is 24.4. The summed E-state index contributed by atoms with van der Waals surface area (Å²) in [7, 11) is -0.134. The van der Waals surface area contributed by atoms with Crippen LogP contribution < -0.4 is 0 Å². The molecule has 5 heteroatoms. The second-order valence-corrected chi connectivity index (χ2v) is 4.99. The summed E-state index contributed by atoms with van der Waals surface area (Å²) in [6.07, 6.45) is 3.25. The number of rotatable bonds is 2. The van der Waals surface area contributed by atoms with E-state index in [1.54, 1.807) is 12.2 Å². The molecular weight excluding hydrogens is 184 g/mol. The average molecular weight is 192 g/mol. The van der Waals surface area contributed by atoms with Crippen molar-refractivity contribution >= 4 is 20.6 Å². The molecule has 11 heavy (non-hydrogen) atoms. The molecule has 0 aromatic heterocycles. The number of hydrogen-bond donors (Lipinski definition) is 2. The highest BCUT2D eigenvalue weighted by atomic mass is 33.1. The van der Waals surface area contributed by atoms with Crippen LogP contribution in [0.3, 0.4) is 0 Å². The van der Waals surface area contributed by atoms with Crippen molar-refractivity contribution in [2.24, 2.45) is 0 Å². The highest BCUT2D eigenvalue weighted by Crippen LogP contribution is 2.28. The monoisotopic (exact) mass is 192 g/mol. The van der Waals surface area contributed by atoms with Gasteiger partial charge in [0.2, 0.25) is 0 Å². The molecule has 0 spiro atoms. The maximum atomic E-state index is 11.1. The number of allylic oxidation sites excluding steroid dienone is 2. The summed E-state index contributed by atoms with van der Waals surface area (Å²) in [5.74, 6) is 0. The minimum atomic E-state index is -1.21. The lowest BCUT2D eigenvalue weighted by Gasteiger charge is -2.08. The summed E-state index contributed by atoms with van der Waals surface area (Å²) >= 11 is 0. The van der Waals surface area contributed by atoms with Crippen LogP contribution >= 0.6 is 10.8 Å². The zero-order valence-corrected chi connectivity index (χ0v) is 7.32. The first-order valence-corrected chi connectivity index (χ1v) is 5.47. The van der Waals surface area contributed by atoms with Crippen LogP contribution in [0.5, 0.6) is 0 Å². The van der Waals surface area contributed by atoms with Crippen LogP contribution in [0, 0.1) is 0 Å². The van der Waals surface area contributed by atoms with Gasteiger partial charge in [-0.2, -0.15) is 0 Å². The molecule has 1 aliphatic heterocycles. The van der Waals surface area contributed by atoms with Crippen molar-refractivity contribution in [1.82, 2.24) is 0 Å². The molecule has 1 heterocycles. The molecule has 3 nitrogen and oxygen atoms in total. The molecule has 1 unspecified atom stereocenters. The number of hydrogen-bond acceptors (Lipinski definition) is 4. The highest BCUT2D eigenvalue weighted by molar-refractivity contribution is 8.72. The van der Waals surface area contributed by atoms with E-state index in [1.165, 1.54) is 0 Å². The molecule has 1 atom stereocenters. The van der Waals surface area contributed by atoms with Gasteiger partial charge in [0, 0.05) is 4.91 Å². The van der Waals surface area contributed by atoms with Crippen molar-refractivity contribution in [2.45, 2.75) is 0 Å². The molecule has 0 aromatic rings. The fourth-order valence-corrected chi connectivity index (χ4v) is 2.92. The van der Waals surface area contributed by atoms with Gasteiger partial charge in [0.05, 0.1) is 18.1 Å². The Bertz CT molecular complexity index is 232. The van der Waals surface area contributed by atoms with E-state index < -0.39 is 9.83 Å². The van der Waals surface area contributed by atoms with Crippen molar-refractivity contribution in [3.05, 3.63) is 22.0 Å². The van der Waals surface area contributed by atoms with Gasteiger partial charge in [-0.3, -0.25) is 0 Å². The second-order valence-electron chi connectivity index (χ2n) is 1.90. The molecule has 62 valence electrons. The van der Waals surface area contributed by atoms with E-state index in [1.807, 2.05) is 0 Å². The fraction of sp³-hybridized carbons (Fsp3) is 0.333. The van der Waals surface area contributed by atoms with Gasteiger partial charge in [-0.25, -0.2) is 4.21 Å². The zero-order valence-electron chi connectivity index (χ0n) is 5.69. The van der Waals surface area contributed by atoms with Gasteiger partial charge in [0.1, 0.15) is 9.83 Å². The first kappa shape index (κ1) is 8.99. The van der Waals surface area contributed by atoms with E-state index in [0.717, 1.165) is 10.8 Å². The maximum absolute atomic E-state index is 11.1. The molecule has 0 saturated heterocycles. The summed E-state index contributed by atoms with van der Waals surface area (Å²) in [4.78, 5) is 1.16. The molecular formula is C6H8O3S2. The molecule has 1 rings (SSSR count). The lowest BCUT2D eigenvalue weighted by Crippen LogP contribution is -2.01. The van der Waals surface area contributed by atoms with Gasteiger partial charge in [-0.1, -0.05) is 0 Å². The third-order valence-corrected chi connectivity index (χ3v) is 4.23. The van der Waals surface area contributed by atoms with E-state index in [-0.39, 0.29) is 13.2 Å². The Kier molecular flexibility index (Phi) is 3.32. The van der Waals surface area contributed by atoms with Gasteiger partial charge in [-0.05, 0) is 22.9 Å². The average Bonchev–Trinajstić information content (AvgIpc) is 2.04. The Morgan fingerprint density at radius 1 is 1.36 bits per heavy atom. The first-order chi connectivity index (χ1) is 5.27. The van der Waals surface area contributed by atoms with E-state index in [0.29, 0.717) is 9.81 Å². The summed E-state index contributed by atoms with van der Waals surface area (Å²) in [6.45, 7) is -0.277. The predicted octanol–water partition coefficient (Wildman–Crippen LogP) is 0.149. The molecule has 0 amide bonds. The summed E-state index contributed by atoms with van der Waals surface area (Å²) in [6, 6.07) is 0. The van der Waals surface area contributed by atoms with Crippen molar-refractivity contribution < 1.29 is 14.4 Å². The molecule has 0 saturated carbocycles. The molecule has 0 aliphatic carbocycles. The molecule has 0 radical (unpaired) electrons. The fourth-order valence-electron chi connectivity index (χ4n) is 0.604. The Morgan fingerprint density at radius 2 is 2.09 bits per heavy atom. The predicted molar refractivity (Wildman–Crippen MR) is 46.1 cm³/mol. The van der Waals surface area contributed by atoms with Crippen molar-refractivity contribution in [2.75, 3.05) is 13.2 Å². The van der Waals surface area contributed by atoms with Gasteiger partial charge in [0.25, 0.3) is 0 Å². The minimum absolute atomic E-state index is 0.0917. The molecule has 0 fully saturated rings. The van der Waals surface area contributed by atoms with Gasteiger partial charge in [-0.15, -0.1) is 0 Å². The topological polar surface area (TPSA) is 57.5 Å². The Morgan fingerprint density at radius 3 is 2.55 bits per heavy atom. The van der Waals surface area contributed by atoms with Crippen LogP contribution in [0.1, 0.15) is 0 Å². The molecule has 0 aromatic carbocycles. The van der Waals surface area contributed by atoms with Crippen LogP contribution in [0.4, 0.5) is 0 Å². The summed E-state index contributed by atoms with van der Waals surface area (Å²) in [5.41, 5.74) is 0. The number of aliphatic hydroxyl groups excluding tert-OH is 2. The lowest BCUT2D eigenvalue weighted by atomic mass is 10.4. The van der Waals surface area contributed by atoms with Crippen LogP contribution in [-0.2, 0) is 9.83 Å². The first-order valence-electron chi connectivity index (χ1n) is 2.99. The summed E-state index contributed by atoms with van der Waals surface area (Å²) < 4.78 is 11.1. The molecule has 0 bridgehead atoms. The largest absolute Gasteiger partial charge is 0.391 e. The third-order valence-electron chi connectivity index (χ3n) is 1.16. The van der Waals surface area contributed by atoms with Crippen molar-refractivity contribution in [3.8, 4) is 0 Å². The second kappa shape index (κ2) is 4.06. The Labute approximate surface area is 70.7 Å². The highest BCUT2D eigenvalue weighted by Gasteiger charge is 2.13. The van der Waals surface area contributed by atoms with Gasteiger partial charge < -0.3 is 10.2 Å². The van der Waals surface area contributed by atoms with Crippen LogP contribution in [0.25, 0.3) is 0 Å². The molecule has 2 N–H and O–H groups in total. The van der Waals surface area contributed by atoms with Gasteiger partial charge in [0.15, 0.2) is 0 Å². The minimum Gasteiger partial charge on any atom is -0.391 e. The maximum Gasteiger partial charge on any atom is 0.115 e. The van der Waals surface area contributed by atoms with E-state index in [2.05, 4.69) is 0 Å². The smallest absolute Gasteiger partial charge is 0.115 e. The van der Waals surface area contributed by atoms with Gasteiger partial charge >= 0.3 is 0 Å². The van der Waals surface area contributed by atoms with E-state index >= 15 is 0 Å². The van der Waals surface area contributed by atoms with Crippen LogP contribution in [0.2, 0.25) is 0 Å². The van der Waals surface area contributed by atoms with E-state index in [9.17, 15) is 4.21 Å². The molecule has 1 aliphatic rings. The standard InChI is InChI=1S/C6H8O3S2/c7-3-5-1-2-6(4-8)11(9)10-5/h1-2,7-8H,3-4H2. The third kappa shape index (κ3) is 2.16. The SMILES string of the molecule is O=S1SC(CO)=CC=C1CO. The van der Waals surface area contributed by atoms with E-state index in [4.69, 9.17) is 10.2 Å². The zero-order chi connectivity index (χ0) is 8.27. The van der Waals surface area contributed by atoms with Crippen LogP contribution in [0.15, 0.2) is 22.0 Å². The van der Waals surface area contributed by atoms with Crippen molar-refractivity contribution in [1.29, 1.82) is 0 Å². The van der Waals surface area contributed by atoms with Crippen LogP contribution in [-0.4, -0.2) is 27.6 Å². The lowest BCUT2D eigenvalue weighted by molar-refractivity contribution is 0.337. The number of aliphatic hydroxyl groups is 2. The quantitative estimate of drug-likeness (QED) is 0.611.